The van der Waals surface area contributed by atoms with Crippen molar-refractivity contribution in [1.29, 1.82) is 0 Å². The number of aromatic nitrogens is 2. The molecular formula is C49H29N3O3. The Balaban J connectivity index is 1.18. The van der Waals surface area contributed by atoms with Gasteiger partial charge in [-0.2, -0.15) is 0 Å². The highest BCUT2D eigenvalue weighted by atomic mass is 16.4. The monoisotopic (exact) mass is 707 g/mol. The molecule has 12 aromatic rings. The van der Waals surface area contributed by atoms with E-state index in [4.69, 9.17) is 18.2 Å². The van der Waals surface area contributed by atoms with Gasteiger partial charge in [0.25, 0.3) is 0 Å². The number of rotatable bonds is 5. The quantitative estimate of drug-likeness (QED) is 0.178. The molecule has 0 bridgehead atoms. The first kappa shape index (κ1) is 29.9. The van der Waals surface area contributed by atoms with Crippen LogP contribution in [0.15, 0.2) is 189 Å². The lowest BCUT2D eigenvalue weighted by atomic mass is 10.0. The maximum atomic E-state index is 6.50. The summed E-state index contributed by atoms with van der Waals surface area (Å²) in [7, 11) is 0. The summed E-state index contributed by atoms with van der Waals surface area (Å²) in [5, 5.41) is 6.30. The summed E-state index contributed by atoms with van der Waals surface area (Å²) in [6, 6.07) is 60.8. The number of furan rings is 2. The third kappa shape index (κ3) is 4.39. The summed E-state index contributed by atoms with van der Waals surface area (Å²) in [6.07, 6.45) is 0. The highest BCUT2D eigenvalue weighted by Gasteiger charge is 2.25. The minimum Gasteiger partial charge on any atom is -0.456 e. The first-order chi connectivity index (χ1) is 27.3. The number of benzene rings is 8. The van der Waals surface area contributed by atoms with Gasteiger partial charge in [0.15, 0.2) is 5.58 Å². The molecule has 4 heterocycles. The average molecular weight is 708 g/mol. The second kappa shape index (κ2) is 11.5. The number of fused-ring (bicyclic) bond motifs is 11. The molecule has 6 heteroatoms. The van der Waals surface area contributed by atoms with Gasteiger partial charge in [0, 0.05) is 38.5 Å². The normalized spacial score (nSPS) is 12.0. The lowest BCUT2D eigenvalue weighted by Gasteiger charge is -2.27. The Morgan fingerprint density at radius 2 is 1.04 bits per heavy atom. The first-order valence-electron chi connectivity index (χ1n) is 18.4. The average Bonchev–Trinajstić information content (AvgIpc) is 4.02. The van der Waals surface area contributed by atoms with Gasteiger partial charge in [0.05, 0.1) is 33.2 Å². The van der Waals surface area contributed by atoms with Gasteiger partial charge in [-0.3, -0.25) is 0 Å². The van der Waals surface area contributed by atoms with Crippen LogP contribution in [0.2, 0.25) is 0 Å². The van der Waals surface area contributed by atoms with Crippen LogP contribution in [0.1, 0.15) is 0 Å². The van der Waals surface area contributed by atoms with E-state index < -0.39 is 0 Å². The van der Waals surface area contributed by atoms with E-state index in [2.05, 4.69) is 131 Å². The van der Waals surface area contributed by atoms with Crippen LogP contribution in [-0.4, -0.2) is 9.55 Å². The smallest absolute Gasteiger partial charge is 0.227 e. The van der Waals surface area contributed by atoms with Crippen molar-refractivity contribution in [2.75, 3.05) is 4.90 Å². The Hall–Kier alpha value is -7.57. The van der Waals surface area contributed by atoms with Gasteiger partial charge in [-0.1, -0.05) is 84.9 Å². The maximum Gasteiger partial charge on any atom is 0.227 e. The maximum absolute atomic E-state index is 6.50. The molecule has 0 atom stereocenters. The van der Waals surface area contributed by atoms with Gasteiger partial charge in [-0.15, -0.1) is 0 Å². The molecule has 0 spiro atoms. The van der Waals surface area contributed by atoms with Gasteiger partial charge < -0.3 is 22.7 Å². The minimum atomic E-state index is 0.579. The summed E-state index contributed by atoms with van der Waals surface area (Å²) in [5.41, 5.74) is 12.0. The summed E-state index contributed by atoms with van der Waals surface area (Å²) in [5.74, 6) is 0.579. The molecule has 6 nitrogen and oxygen atoms in total. The molecule has 0 unspecified atom stereocenters. The summed E-state index contributed by atoms with van der Waals surface area (Å²) in [6.45, 7) is 0. The summed E-state index contributed by atoms with van der Waals surface area (Å²) in [4.78, 5) is 7.42. The van der Waals surface area contributed by atoms with Crippen molar-refractivity contribution in [3.63, 3.8) is 0 Å². The Morgan fingerprint density at radius 1 is 0.418 bits per heavy atom. The molecule has 55 heavy (non-hydrogen) atoms. The molecule has 0 aliphatic rings. The third-order valence-corrected chi connectivity index (χ3v) is 10.8. The molecule has 0 N–H and O–H groups in total. The highest BCUT2D eigenvalue weighted by Crippen LogP contribution is 2.48. The van der Waals surface area contributed by atoms with Crippen molar-refractivity contribution in [3.8, 4) is 17.1 Å². The SMILES string of the molecule is c1ccc(-c2nc3c(ccc4oc5ccc(N(c6cccc7oc8ccccc8c67)c6cccc7c6c6ccccc6n7-c6ccccc6)cc5c43)o2)cc1. The zero-order chi connectivity index (χ0) is 36.0. The van der Waals surface area contributed by atoms with E-state index in [1.165, 1.54) is 5.39 Å². The fourth-order valence-electron chi connectivity index (χ4n) is 8.48. The number of oxazole rings is 1. The molecular weight excluding hydrogens is 679 g/mol. The molecule has 0 aliphatic carbocycles. The van der Waals surface area contributed by atoms with Gasteiger partial charge >= 0.3 is 0 Å². The van der Waals surface area contributed by atoms with Crippen molar-refractivity contribution in [2.24, 2.45) is 0 Å². The topological polar surface area (TPSA) is 60.5 Å². The number of para-hydroxylation sites is 3. The fourth-order valence-corrected chi connectivity index (χ4v) is 8.48. The van der Waals surface area contributed by atoms with Crippen LogP contribution in [-0.2, 0) is 0 Å². The van der Waals surface area contributed by atoms with E-state index in [0.717, 1.165) is 94.1 Å². The minimum absolute atomic E-state index is 0.579. The molecule has 4 aromatic heterocycles. The van der Waals surface area contributed by atoms with Crippen molar-refractivity contribution in [3.05, 3.63) is 176 Å². The predicted octanol–water partition coefficient (Wildman–Crippen LogP) is 13.9. The Morgan fingerprint density at radius 3 is 1.89 bits per heavy atom. The standard InChI is InChI=1S/C49H29N3O3/c1-3-13-30(14-4-1)49-50-48-44(55-49)28-27-43-47(48)35-29-32(25-26-41(35)54-43)52(39-22-12-24-42-46(39)34-18-8-10-23-40(34)53-42)38-21-11-20-37-45(38)33-17-7-9-19-36(33)51(37)31-15-5-2-6-16-31/h1-29H. The number of hydrogen-bond acceptors (Lipinski definition) is 5. The van der Waals surface area contributed by atoms with E-state index in [1.807, 2.05) is 54.6 Å². The molecule has 0 aliphatic heterocycles. The van der Waals surface area contributed by atoms with Crippen molar-refractivity contribution in [1.82, 2.24) is 9.55 Å². The Labute approximate surface area is 313 Å². The van der Waals surface area contributed by atoms with Crippen molar-refractivity contribution >= 4 is 93.8 Å². The van der Waals surface area contributed by atoms with Gasteiger partial charge in [0.1, 0.15) is 27.8 Å². The van der Waals surface area contributed by atoms with Crippen molar-refractivity contribution in [2.45, 2.75) is 0 Å². The van der Waals surface area contributed by atoms with Crippen LogP contribution in [0.3, 0.4) is 0 Å². The third-order valence-electron chi connectivity index (χ3n) is 10.8. The molecule has 12 rings (SSSR count). The van der Waals surface area contributed by atoms with Gasteiger partial charge in [0.2, 0.25) is 5.89 Å². The molecule has 0 amide bonds. The van der Waals surface area contributed by atoms with Crippen LogP contribution in [0.4, 0.5) is 17.1 Å². The van der Waals surface area contributed by atoms with Crippen molar-refractivity contribution < 1.29 is 13.3 Å². The van der Waals surface area contributed by atoms with Crippen LogP contribution in [0, 0.1) is 0 Å². The van der Waals surface area contributed by atoms with Crippen LogP contribution < -0.4 is 4.90 Å². The highest BCUT2D eigenvalue weighted by molar-refractivity contribution is 6.21. The zero-order valence-electron chi connectivity index (χ0n) is 29.3. The van der Waals surface area contributed by atoms with Gasteiger partial charge in [-0.25, -0.2) is 4.98 Å². The van der Waals surface area contributed by atoms with E-state index >= 15 is 0 Å². The van der Waals surface area contributed by atoms with Gasteiger partial charge in [-0.05, 0) is 91.0 Å². The van der Waals surface area contributed by atoms with E-state index in [-0.39, 0.29) is 0 Å². The largest absolute Gasteiger partial charge is 0.456 e. The predicted molar refractivity (Wildman–Crippen MR) is 223 cm³/mol. The van der Waals surface area contributed by atoms with Crippen LogP contribution in [0.25, 0.3) is 93.9 Å². The second-order valence-electron chi connectivity index (χ2n) is 13.9. The molecule has 0 saturated carbocycles. The zero-order valence-corrected chi connectivity index (χ0v) is 29.3. The van der Waals surface area contributed by atoms with E-state index in [9.17, 15) is 0 Å². The Bertz CT molecular complexity index is 3440. The van der Waals surface area contributed by atoms with E-state index in [0.29, 0.717) is 11.5 Å². The summed E-state index contributed by atoms with van der Waals surface area (Å²) >= 11 is 0. The van der Waals surface area contributed by atoms with Crippen LogP contribution >= 0.6 is 0 Å². The second-order valence-corrected chi connectivity index (χ2v) is 13.9. The Kier molecular flexibility index (Phi) is 6.24. The first-order valence-corrected chi connectivity index (χ1v) is 18.4. The number of hydrogen-bond donors (Lipinski definition) is 0. The fraction of sp³-hybridized carbons (Fsp3) is 0. The van der Waals surface area contributed by atoms with Crippen LogP contribution in [0.5, 0.6) is 0 Å². The lowest BCUT2D eigenvalue weighted by Crippen LogP contribution is -2.11. The molecule has 8 aromatic carbocycles. The lowest BCUT2D eigenvalue weighted by molar-refractivity contribution is 0.619. The molecule has 0 saturated heterocycles. The number of nitrogens with zero attached hydrogens (tertiary/aromatic N) is 3. The van der Waals surface area contributed by atoms with E-state index in [1.54, 1.807) is 0 Å². The summed E-state index contributed by atoms with van der Waals surface area (Å²) < 4.78 is 21.7. The molecule has 258 valence electrons. The molecule has 0 fully saturated rings. The molecule has 0 radical (unpaired) electrons. The number of anilines is 3.